The number of likely N-dealkylation sites (tertiary alicyclic amines) is 1. The number of hydrogen-bond donors (Lipinski definition) is 2. The number of H-pyrrole nitrogens is 1. The number of aromatic nitrogens is 1. The molecule has 0 aliphatic carbocycles. The number of piperidine rings is 1. The zero-order valence-electron chi connectivity index (χ0n) is 16.7. The van der Waals surface area contributed by atoms with Crippen molar-refractivity contribution in [1.82, 2.24) is 15.2 Å². The lowest BCUT2D eigenvalue weighted by Gasteiger charge is -2.31. The van der Waals surface area contributed by atoms with Gasteiger partial charge in [0.05, 0.1) is 0 Å². The maximum absolute atomic E-state index is 12.8. The Balaban J connectivity index is 1.50. The molecule has 0 unspecified atom stereocenters. The number of para-hydroxylation sites is 1. The van der Waals surface area contributed by atoms with E-state index in [9.17, 15) is 9.59 Å². The van der Waals surface area contributed by atoms with Crippen LogP contribution in [0.1, 0.15) is 36.8 Å². The van der Waals surface area contributed by atoms with Crippen LogP contribution in [0.4, 0.5) is 0 Å². The van der Waals surface area contributed by atoms with Crippen molar-refractivity contribution in [2.24, 2.45) is 5.92 Å². The average molecular weight is 389 g/mol. The van der Waals surface area contributed by atoms with Crippen LogP contribution in [-0.4, -0.2) is 41.3 Å². The summed E-state index contributed by atoms with van der Waals surface area (Å²) in [6.07, 6.45) is 3.52. The summed E-state index contributed by atoms with van der Waals surface area (Å²) in [5.74, 6) is 0.236. The molecule has 3 aromatic rings. The first-order chi connectivity index (χ1) is 14.1. The summed E-state index contributed by atoms with van der Waals surface area (Å²) in [5, 5.41) is 4.38. The van der Waals surface area contributed by atoms with Gasteiger partial charge in [-0.2, -0.15) is 0 Å². The number of benzene rings is 2. The molecule has 1 atom stereocenters. The van der Waals surface area contributed by atoms with Gasteiger partial charge in [-0.1, -0.05) is 48.5 Å². The smallest absolute Gasteiger partial charge is 0.223 e. The molecule has 2 N–H and O–H groups in total. The van der Waals surface area contributed by atoms with Crippen molar-refractivity contribution >= 4 is 22.7 Å². The molecule has 0 saturated carbocycles. The first-order valence-corrected chi connectivity index (χ1v) is 10.3. The Bertz CT molecular complexity index is 988. The molecule has 0 bridgehead atoms. The highest BCUT2D eigenvalue weighted by Crippen LogP contribution is 2.30. The number of carbonyl (C=O) groups excluding carboxylic acids is 2. The highest BCUT2D eigenvalue weighted by Gasteiger charge is 2.27. The van der Waals surface area contributed by atoms with E-state index in [2.05, 4.69) is 40.8 Å². The molecule has 0 spiro atoms. The number of aromatic amines is 1. The van der Waals surface area contributed by atoms with Crippen molar-refractivity contribution in [3.63, 3.8) is 0 Å². The van der Waals surface area contributed by atoms with Crippen molar-refractivity contribution in [3.05, 3.63) is 71.9 Å². The fourth-order valence-electron chi connectivity index (χ4n) is 4.28. The Hall–Kier alpha value is -3.08. The van der Waals surface area contributed by atoms with Gasteiger partial charge in [0.25, 0.3) is 0 Å². The summed E-state index contributed by atoms with van der Waals surface area (Å²) in [7, 11) is 0. The second kappa shape index (κ2) is 8.52. The van der Waals surface area contributed by atoms with Gasteiger partial charge in [-0.25, -0.2) is 0 Å². The number of fused-ring (bicyclic) bond motifs is 1. The van der Waals surface area contributed by atoms with E-state index < -0.39 is 0 Å². The van der Waals surface area contributed by atoms with Gasteiger partial charge in [0.15, 0.2) is 0 Å². The van der Waals surface area contributed by atoms with Crippen molar-refractivity contribution in [3.8, 4) is 0 Å². The topological polar surface area (TPSA) is 65.2 Å². The van der Waals surface area contributed by atoms with E-state index in [1.807, 2.05) is 35.2 Å². The molecule has 29 heavy (non-hydrogen) atoms. The van der Waals surface area contributed by atoms with Crippen LogP contribution in [0.3, 0.4) is 0 Å². The lowest BCUT2D eigenvalue weighted by atomic mass is 9.90. The summed E-state index contributed by atoms with van der Waals surface area (Å²) >= 11 is 0. The SMILES string of the molecule is CC(=O)N1CCC(C(=O)NC[C@H](c2ccccc2)c2c[nH]c3ccccc23)CC1. The number of hydrogen-bond acceptors (Lipinski definition) is 2. The molecular formula is C24H27N3O2. The molecule has 0 radical (unpaired) electrons. The zero-order chi connectivity index (χ0) is 20.2. The van der Waals surface area contributed by atoms with E-state index in [4.69, 9.17) is 0 Å². The third-order valence-corrected chi connectivity index (χ3v) is 5.99. The molecule has 5 heteroatoms. The van der Waals surface area contributed by atoms with Gasteiger partial charge >= 0.3 is 0 Å². The predicted molar refractivity (Wildman–Crippen MR) is 115 cm³/mol. The summed E-state index contributed by atoms with van der Waals surface area (Å²) in [6, 6.07) is 18.6. The Labute approximate surface area is 171 Å². The Morgan fingerprint density at radius 1 is 1.07 bits per heavy atom. The fourth-order valence-corrected chi connectivity index (χ4v) is 4.28. The molecule has 2 heterocycles. The maximum Gasteiger partial charge on any atom is 0.223 e. The normalized spacial score (nSPS) is 16.0. The molecule has 2 aromatic carbocycles. The Kier molecular flexibility index (Phi) is 5.65. The lowest BCUT2D eigenvalue weighted by molar-refractivity contribution is -0.133. The van der Waals surface area contributed by atoms with Crippen LogP contribution in [0.25, 0.3) is 10.9 Å². The van der Waals surface area contributed by atoms with Crippen LogP contribution >= 0.6 is 0 Å². The number of nitrogens with zero attached hydrogens (tertiary/aromatic N) is 1. The highest BCUT2D eigenvalue weighted by atomic mass is 16.2. The lowest BCUT2D eigenvalue weighted by Crippen LogP contribution is -2.43. The minimum absolute atomic E-state index is 0.0232. The molecule has 5 nitrogen and oxygen atoms in total. The van der Waals surface area contributed by atoms with E-state index in [0.717, 1.165) is 18.4 Å². The molecule has 150 valence electrons. The Morgan fingerprint density at radius 3 is 2.48 bits per heavy atom. The number of amides is 2. The molecule has 1 fully saturated rings. The van der Waals surface area contributed by atoms with Gasteiger partial charge in [-0.3, -0.25) is 9.59 Å². The van der Waals surface area contributed by atoms with E-state index in [0.29, 0.717) is 19.6 Å². The first kappa shape index (κ1) is 19.2. The molecule has 4 rings (SSSR count). The first-order valence-electron chi connectivity index (χ1n) is 10.3. The van der Waals surface area contributed by atoms with Crippen LogP contribution in [0.2, 0.25) is 0 Å². The van der Waals surface area contributed by atoms with Gasteiger partial charge in [0, 0.05) is 55.5 Å². The third kappa shape index (κ3) is 4.19. The van der Waals surface area contributed by atoms with Gasteiger partial charge in [0.2, 0.25) is 11.8 Å². The molecule has 1 saturated heterocycles. The van der Waals surface area contributed by atoms with E-state index in [-0.39, 0.29) is 23.7 Å². The highest BCUT2D eigenvalue weighted by molar-refractivity contribution is 5.84. The van der Waals surface area contributed by atoms with Crippen molar-refractivity contribution in [1.29, 1.82) is 0 Å². The van der Waals surface area contributed by atoms with Crippen LogP contribution in [-0.2, 0) is 9.59 Å². The largest absolute Gasteiger partial charge is 0.361 e. The summed E-state index contributed by atoms with van der Waals surface area (Å²) in [6.45, 7) is 3.47. The molecule has 1 aromatic heterocycles. The minimum atomic E-state index is -0.0232. The summed E-state index contributed by atoms with van der Waals surface area (Å²) in [5.41, 5.74) is 3.48. The predicted octanol–water partition coefficient (Wildman–Crippen LogP) is 3.67. The monoisotopic (exact) mass is 389 g/mol. The minimum Gasteiger partial charge on any atom is -0.361 e. The van der Waals surface area contributed by atoms with Crippen LogP contribution in [0, 0.1) is 5.92 Å². The van der Waals surface area contributed by atoms with Gasteiger partial charge < -0.3 is 15.2 Å². The quantitative estimate of drug-likeness (QED) is 0.699. The van der Waals surface area contributed by atoms with Crippen molar-refractivity contribution in [2.45, 2.75) is 25.7 Å². The number of carbonyl (C=O) groups is 2. The van der Waals surface area contributed by atoms with Gasteiger partial charge in [0.1, 0.15) is 0 Å². The third-order valence-electron chi connectivity index (χ3n) is 5.99. The number of rotatable bonds is 5. The van der Waals surface area contributed by atoms with Crippen LogP contribution in [0.15, 0.2) is 60.8 Å². The molecule has 1 aliphatic rings. The zero-order valence-corrected chi connectivity index (χ0v) is 16.7. The standard InChI is InChI=1S/C24H27N3O2/c1-17(28)27-13-11-19(12-14-27)24(29)26-15-21(18-7-3-2-4-8-18)22-16-25-23-10-6-5-9-20(22)23/h2-10,16,19,21,25H,11-15H2,1H3,(H,26,29)/t21-/m1/s1. The summed E-state index contributed by atoms with van der Waals surface area (Å²) in [4.78, 5) is 29.5. The van der Waals surface area contributed by atoms with Crippen LogP contribution < -0.4 is 5.32 Å². The number of nitrogens with one attached hydrogen (secondary N) is 2. The van der Waals surface area contributed by atoms with E-state index >= 15 is 0 Å². The Morgan fingerprint density at radius 2 is 1.76 bits per heavy atom. The second-order valence-electron chi connectivity index (χ2n) is 7.78. The fraction of sp³-hybridized carbons (Fsp3) is 0.333. The maximum atomic E-state index is 12.8. The van der Waals surface area contributed by atoms with Crippen LogP contribution in [0.5, 0.6) is 0 Å². The molecule has 1 aliphatic heterocycles. The summed E-state index contributed by atoms with van der Waals surface area (Å²) < 4.78 is 0. The van der Waals surface area contributed by atoms with Gasteiger partial charge in [-0.15, -0.1) is 0 Å². The van der Waals surface area contributed by atoms with Crippen molar-refractivity contribution < 1.29 is 9.59 Å². The molecular weight excluding hydrogens is 362 g/mol. The van der Waals surface area contributed by atoms with Gasteiger partial charge in [-0.05, 0) is 30.0 Å². The van der Waals surface area contributed by atoms with E-state index in [1.54, 1.807) is 6.92 Å². The van der Waals surface area contributed by atoms with E-state index in [1.165, 1.54) is 16.5 Å². The molecule has 2 amide bonds. The second-order valence-corrected chi connectivity index (χ2v) is 7.78. The van der Waals surface area contributed by atoms with Crippen molar-refractivity contribution in [2.75, 3.05) is 19.6 Å². The average Bonchev–Trinajstić information content (AvgIpc) is 3.19.